The van der Waals surface area contributed by atoms with Gasteiger partial charge in [-0.05, 0) is 24.7 Å². The van der Waals surface area contributed by atoms with E-state index in [9.17, 15) is 4.79 Å². The van der Waals surface area contributed by atoms with Gasteiger partial charge < -0.3 is 0 Å². The molecule has 0 fully saturated rings. The maximum absolute atomic E-state index is 10.4. The minimum absolute atomic E-state index is 0.634. The first-order valence-corrected chi connectivity index (χ1v) is 4.99. The van der Waals surface area contributed by atoms with Crippen LogP contribution in [0.4, 0.5) is 0 Å². The molecular weight excluding hydrogens is 174 g/mol. The Morgan fingerprint density at radius 2 is 2.00 bits per heavy atom. The molecule has 0 heterocycles. The smallest absolute Gasteiger partial charge is 0.233 e. The highest BCUT2D eigenvalue weighted by Gasteiger charge is 2.01. The monoisotopic (exact) mass is 190 g/mol. The number of hydrogen-bond acceptors (Lipinski definition) is 2. The topological polar surface area (TPSA) is 20.3 Å². The molecule has 0 amide bonds. The standard InChI is InChI=1S/C12H16NO/c1-3-13(4-2)9-11-6-5-7-12(8-11)10-14/h5-8H,3-4,9H2,1-2H3. The highest BCUT2D eigenvalue weighted by Crippen LogP contribution is 2.06. The van der Waals surface area contributed by atoms with Crippen LogP contribution in [0.25, 0.3) is 0 Å². The molecule has 2 heteroatoms. The lowest BCUT2D eigenvalue weighted by Gasteiger charge is -2.17. The van der Waals surface area contributed by atoms with Crippen LogP contribution in [-0.2, 0) is 11.3 Å². The molecule has 0 N–H and O–H groups in total. The van der Waals surface area contributed by atoms with Gasteiger partial charge in [0.2, 0.25) is 6.29 Å². The van der Waals surface area contributed by atoms with Crippen molar-refractivity contribution in [3.8, 4) is 0 Å². The van der Waals surface area contributed by atoms with Crippen molar-refractivity contribution >= 4 is 6.29 Å². The Balaban J connectivity index is 2.70. The molecule has 0 spiro atoms. The van der Waals surface area contributed by atoms with E-state index in [1.807, 2.05) is 24.5 Å². The van der Waals surface area contributed by atoms with E-state index in [-0.39, 0.29) is 0 Å². The molecule has 14 heavy (non-hydrogen) atoms. The molecule has 75 valence electrons. The first kappa shape index (κ1) is 10.9. The van der Waals surface area contributed by atoms with Crippen molar-refractivity contribution in [1.29, 1.82) is 0 Å². The quantitative estimate of drug-likeness (QED) is 0.707. The molecule has 0 unspecified atom stereocenters. The second-order valence-corrected chi connectivity index (χ2v) is 3.26. The summed E-state index contributed by atoms with van der Waals surface area (Å²) in [6.07, 6.45) is 1.91. The van der Waals surface area contributed by atoms with E-state index in [1.54, 1.807) is 6.07 Å². The Hall–Kier alpha value is -1.15. The summed E-state index contributed by atoms with van der Waals surface area (Å²) >= 11 is 0. The highest BCUT2D eigenvalue weighted by atomic mass is 16.1. The summed E-state index contributed by atoms with van der Waals surface area (Å²) in [5.74, 6) is 0. The van der Waals surface area contributed by atoms with Crippen molar-refractivity contribution in [2.75, 3.05) is 13.1 Å². The summed E-state index contributed by atoms with van der Waals surface area (Å²) in [6, 6.07) is 7.61. The van der Waals surface area contributed by atoms with Crippen LogP contribution in [0.2, 0.25) is 0 Å². The fourth-order valence-corrected chi connectivity index (χ4v) is 1.44. The summed E-state index contributed by atoms with van der Waals surface area (Å²) in [5, 5.41) is 0. The number of rotatable bonds is 5. The molecule has 0 aliphatic carbocycles. The Labute approximate surface area is 85.5 Å². The summed E-state index contributed by atoms with van der Waals surface area (Å²) < 4.78 is 0. The Morgan fingerprint density at radius 3 is 2.57 bits per heavy atom. The fourth-order valence-electron chi connectivity index (χ4n) is 1.44. The van der Waals surface area contributed by atoms with Crippen LogP contribution < -0.4 is 0 Å². The normalized spacial score (nSPS) is 10.5. The average molecular weight is 190 g/mol. The number of hydrogen-bond donors (Lipinski definition) is 0. The predicted molar refractivity (Wildman–Crippen MR) is 57.9 cm³/mol. The Bertz CT molecular complexity index is 292. The molecule has 0 aromatic heterocycles. The molecule has 0 saturated carbocycles. The molecule has 0 aliphatic rings. The minimum Gasteiger partial charge on any atom is -0.300 e. The lowest BCUT2D eigenvalue weighted by Crippen LogP contribution is -2.22. The van der Waals surface area contributed by atoms with Crippen LogP contribution in [0, 0.1) is 0 Å². The molecule has 1 rings (SSSR count). The number of carbonyl (C=O) groups excluding carboxylic acids is 1. The molecule has 0 bridgehead atoms. The van der Waals surface area contributed by atoms with Gasteiger partial charge in [-0.25, -0.2) is 0 Å². The van der Waals surface area contributed by atoms with Crippen LogP contribution in [0.1, 0.15) is 25.0 Å². The summed E-state index contributed by atoms with van der Waals surface area (Å²) in [6.45, 7) is 7.25. The zero-order valence-electron chi connectivity index (χ0n) is 8.79. The number of benzene rings is 1. The summed E-state index contributed by atoms with van der Waals surface area (Å²) in [5.41, 5.74) is 1.81. The van der Waals surface area contributed by atoms with E-state index in [1.165, 1.54) is 5.56 Å². The van der Waals surface area contributed by atoms with Crippen molar-refractivity contribution < 1.29 is 4.79 Å². The van der Waals surface area contributed by atoms with E-state index < -0.39 is 0 Å². The lowest BCUT2D eigenvalue weighted by atomic mass is 10.1. The van der Waals surface area contributed by atoms with Gasteiger partial charge in [-0.1, -0.05) is 32.0 Å². The largest absolute Gasteiger partial charge is 0.300 e. The van der Waals surface area contributed by atoms with Gasteiger partial charge in [-0.3, -0.25) is 9.69 Å². The second kappa shape index (κ2) is 5.55. The van der Waals surface area contributed by atoms with Crippen LogP contribution in [-0.4, -0.2) is 24.3 Å². The predicted octanol–water partition coefficient (Wildman–Crippen LogP) is 1.99. The van der Waals surface area contributed by atoms with Crippen molar-refractivity contribution in [2.24, 2.45) is 0 Å². The van der Waals surface area contributed by atoms with Crippen molar-refractivity contribution in [2.45, 2.75) is 20.4 Å². The maximum atomic E-state index is 10.4. The van der Waals surface area contributed by atoms with Crippen molar-refractivity contribution in [1.82, 2.24) is 4.90 Å². The Morgan fingerprint density at radius 1 is 1.29 bits per heavy atom. The number of nitrogens with zero attached hydrogens (tertiary/aromatic N) is 1. The molecule has 1 radical (unpaired) electrons. The van der Waals surface area contributed by atoms with E-state index in [4.69, 9.17) is 0 Å². The molecule has 0 saturated heterocycles. The average Bonchev–Trinajstić information content (AvgIpc) is 2.26. The third-order valence-corrected chi connectivity index (χ3v) is 2.35. The van der Waals surface area contributed by atoms with Crippen LogP contribution in [0.15, 0.2) is 24.3 Å². The first-order chi connectivity index (χ1) is 6.80. The van der Waals surface area contributed by atoms with Crippen LogP contribution in [0.5, 0.6) is 0 Å². The summed E-state index contributed by atoms with van der Waals surface area (Å²) in [7, 11) is 0. The zero-order valence-corrected chi connectivity index (χ0v) is 8.79. The molecule has 0 aliphatic heterocycles. The van der Waals surface area contributed by atoms with Gasteiger partial charge in [0.05, 0.1) is 0 Å². The fraction of sp³-hybridized carbons (Fsp3) is 0.417. The van der Waals surface area contributed by atoms with Gasteiger partial charge in [0, 0.05) is 12.1 Å². The van der Waals surface area contributed by atoms with Gasteiger partial charge in [0.25, 0.3) is 0 Å². The van der Waals surface area contributed by atoms with Crippen LogP contribution >= 0.6 is 0 Å². The molecule has 1 aromatic carbocycles. The van der Waals surface area contributed by atoms with Crippen molar-refractivity contribution in [3.63, 3.8) is 0 Å². The van der Waals surface area contributed by atoms with Gasteiger partial charge in [0.1, 0.15) is 0 Å². The van der Waals surface area contributed by atoms with E-state index in [2.05, 4.69) is 18.7 Å². The van der Waals surface area contributed by atoms with E-state index >= 15 is 0 Å². The van der Waals surface area contributed by atoms with Crippen LogP contribution in [0.3, 0.4) is 0 Å². The maximum Gasteiger partial charge on any atom is 0.233 e. The minimum atomic E-state index is 0.634. The first-order valence-electron chi connectivity index (χ1n) is 4.99. The lowest BCUT2D eigenvalue weighted by molar-refractivity contribution is 0.296. The van der Waals surface area contributed by atoms with Gasteiger partial charge >= 0.3 is 0 Å². The Kier molecular flexibility index (Phi) is 4.33. The third kappa shape index (κ3) is 2.96. The zero-order chi connectivity index (χ0) is 10.4. The molecule has 0 atom stereocenters. The van der Waals surface area contributed by atoms with Crippen molar-refractivity contribution in [3.05, 3.63) is 35.4 Å². The third-order valence-electron chi connectivity index (χ3n) is 2.35. The van der Waals surface area contributed by atoms with Gasteiger partial charge in [0.15, 0.2) is 0 Å². The second-order valence-electron chi connectivity index (χ2n) is 3.26. The van der Waals surface area contributed by atoms with Gasteiger partial charge in [-0.15, -0.1) is 0 Å². The summed E-state index contributed by atoms with van der Waals surface area (Å²) in [4.78, 5) is 12.8. The van der Waals surface area contributed by atoms with E-state index in [0.717, 1.165) is 19.6 Å². The highest BCUT2D eigenvalue weighted by molar-refractivity contribution is 5.75. The van der Waals surface area contributed by atoms with Gasteiger partial charge in [-0.2, -0.15) is 0 Å². The SMILES string of the molecule is CCN(CC)Cc1cccc([C]=O)c1. The molecule has 2 nitrogen and oxygen atoms in total. The molecular formula is C12H16NO. The molecule has 1 aromatic rings. The van der Waals surface area contributed by atoms with E-state index in [0.29, 0.717) is 5.56 Å².